The number of methoxy groups -OCH3 is 1. The molecular weight excluding hydrogens is 240 g/mol. The van der Waals surface area contributed by atoms with Gasteiger partial charge in [-0.15, -0.1) is 0 Å². The van der Waals surface area contributed by atoms with Crippen molar-refractivity contribution < 1.29 is 18.3 Å². The van der Waals surface area contributed by atoms with Gasteiger partial charge in [0.15, 0.2) is 0 Å². The minimum absolute atomic E-state index is 0.126. The van der Waals surface area contributed by atoms with Crippen molar-refractivity contribution in [3.8, 4) is 5.75 Å². The Morgan fingerprint density at radius 1 is 1.44 bits per heavy atom. The lowest BCUT2D eigenvalue weighted by Crippen LogP contribution is -2.42. The van der Waals surface area contributed by atoms with Gasteiger partial charge in [0, 0.05) is 19.4 Å². The quantitative estimate of drug-likeness (QED) is 0.897. The molecule has 0 radical (unpaired) electrons. The Morgan fingerprint density at radius 3 is 2.72 bits per heavy atom. The van der Waals surface area contributed by atoms with Crippen LogP contribution < -0.4 is 10.1 Å². The van der Waals surface area contributed by atoms with Crippen LogP contribution in [-0.2, 0) is 0 Å². The largest absolute Gasteiger partial charge is 0.496 e. The van der Waals surface area contributed by atoms with Crippen LogP contribution in [0.2, 0.25) is 0 Å². The number of hydrogen-bond acceptors (Lipinski definition) is 2. The van der Waals surface area contributed by atoms with Crippen molar-refractivity contribution >= 4 is 5.91 Å². The molecule has 1 aliphatic carbocycles. The standard InChI is InChI=1S/C13H15F2NO2/c1-18-11-5-3-2-4-10(11)12(17)16-8-9-6-13(14,15)7-9/h2-5,9H,6-8H2,1H3,(H,16,17). The fourth-order valence-corrected chi connectivity index (χ4v) is 2.09. The minimum Gasteiger partial charge on any atom is -0.496 e. The van der Waals surface area contributed by atoms with Crippen LogP contribution >= 0.6 is 0 Å². The van der Waals surface area contributed by atoms with Crippen LogP contribution in [0, 0.1) is 5.92 Å². The number of ether oxygens (including phenoxy) is 1. The average Bonchev–Trinajstić information content (AvgIpc) is 2.33. The maximum atomic E-state index is 12.6. The van der Waals surface area contributed by atoms with Gasteiger partial charge in [-0.25, -0.2) is 8.78 Å². The lowest BCUT2D eigenvalue weighted by atomic mass is 9.81. The number of alkyl halides is 2. The van der Waals surface area contributed by atoms with E-state index in [1.807, 2.05) is 0 Å². The number of rotatable bonds is 4. The second kappa shape index (κ2) is 4.92. The van der Waals surface area contributed by atoms with Gasteiger partial charge in [0.05, 0.1) is 12.7 Å². The third-order valence-electron chi connectivity index (χ3n) is 3.08. The van der Waals surface area contributed by atoms with Crippen LogP contribution in [0.3, 0.4) is 0 Å². The van der Waals surface area contributed by atoms with Gasteiger partial charge in [-0.05, 0) is 18.1 Å². The van der Waals surface area contributed by atoms with Gasteiger partial charge in [0.1, 0.15) is 5.75 Å². The predicted octanol–water partition coefficient (Wildman–Crippen LogP) is 2.47. The molecule has 1 fully saturated rings. The Bertz CT molecular complexity index is 440. The summed E-state index contributed by atoms with van der Waals surface area (Å²) < 4.78 is 30.3. The zero-order chi connectivity index (χ0) is 13.2. The smallest absolute Gasteiger partial charge is 0.255 e. The number of nitrogens with one attached hydrogen (secondary N) is 1. The SMILES string of the molecule is COc1ccccc1C(=O)NCC1CC(F)(F)C1. The summed E-state index contributed by atoms with van der Waals surface area (Å²) in [6.45, 7) is 0.284. The number of halogens is 2. The summed E-state index contributed by atoms with van der Waals surface area (Å²) in [5.41, 5.74) is 0.422. The van der Waals surface area contributed by atoms with Crippen molar-refractivity contribution in [2.24, 2.45) is 5.92 Å². The zero-order valence-electron chi connectivity index (χ0n) is 10.1. The fraction of sp³-hybridized carbons (Fsp3) is 0.462. The van der Waals surface area contributed by atoms with Crippen molar-refractivity contribution in [3.05, 3.63) is 29.8 Å². The summed E-state index contributed by atoms with van der Waals surface area (Å²) in [5, 5.41) is 2.66. The first-order valence-corrected chi connectivity index (χ1v) is 5.81. The molecule has 0 bridgehead atoms. The van der Waals surface area contributed by atoms with Crippen molar-refractivity contribution in [2.75, 3.05) is 13.7 Å². The maximum Gasteiger partial charge on any atom is 0.255 e. The maximum absolute atomic E-state index is 12.6. The molecule has 18 heavy (non-hydrogen) atoms. The van der Waals surface area contributed by atoms with E-state index in [9.17, 15) is 13.6 Å². The van der Waals surface area contributed by atoms with Crippen LogP contribution in [-0.4, -0.2) is 25.5 Å². The third-order valence-corrected chi connectivity index (χ3v) is 3.08. The highest BCUT2D eigenvalue weighted by atomic mass is 19.3. The minimum atomic E-state index is -2.54. The molecule has 5 heteroatoms. The molecule has 2 rings (SSSR count). The molecule has 1 aromatic rings. The summed E-state index contributed by atoms with van der Waals surface area (Å²) in [6, 6.07) is 6.83. The molecule has 98 valence electrons. The molecule has 0 saturated heterocycles. The van der Waals surface area contributed by atoms with E-state index in [4.69, 9.17) is 4.74 Å². The van der Waals surface area contributed by atoms with Crippen molar-refractivity contribution in [1.29, 1.82) is 0 Å². The van der Waals surface area contributed by atoms with Gasteiger partial charge >= 0.3 is 0 Å². The fourth-order valence-electron chi connectivity index (χ4n) is 2.09. The summed E-state index contributed by atoms with van der Waals surface area (Å²) in [4.78, 5) is 11.9. The number of para-hydroxylation sites is 1. The molecule has 1 N–H and O–H groups in total. The van der Waals surface area contributed by atoms with Crippen molar-refractivity contribution in [3.63, 3.8) is 0 Å². The van der Waals surface area contributed by atoms with Crippen LogP contribution in [0.4, 0.5) is 8.78 Å². The lowest BCUT2D eigenvalue weighted by molar-refractivity contribution is -0.108. The highest BCUT2D eigenvalue weighted by Gasteiger charge is 2.45. The van der Waals surface area contributed by atoms with Crippen molar-refractivity contribution in [1.82, 2.24) is 5.32 Å². The number of carbonyl (C=O) groups excluding carboxylic acids is 1. The van der Waals surface area contributed by atoms with Gasteiger partial charge in [-0.3, -0.25) is 4.79 Å². The van der Waals surface area contributed by atoms with E-state index in [0.29, 0.717) is 11.3 Å². The molecule has 0 heterocycles. The Morgan fingerprint density at radius 2 is 2.11 bits per heavy atom. The molecule has 0 aliphatic heterocycles. The summed E-state index contributed by atoms with van der Waals surface area (Å²) in [7, 11) is 1.48. The van der Waals surface area contributed by atoms with E-state index in [1.165, 1.54) is 7.11 Å². The summed E-state index contributed by atoms with van der Waals surface area (Å²) in [6.07, 6.45) is -0.279. The summed E-state index contributed by atoms with van der Waals surface area (Å²) in [5.74, 6) is -2.48. The molecule has 0 aromatic heterocycles. The molecule has 1 aromatic carbocycles. The molecule has 3 nitrogen and oxygen atoms in total. The van der Waals surface area contributed by atoms with Crippen molar-refractivity contribution in [2.45, 2.75) is 18.8 Å². The molecule has 0 spiro atoms. The Balaban J connectivity index is 1.88. The first-order valence-electron chi connectivity index (χ1n) is 5.81. The summed E-state index contributed by atoms with van der Waals surface area (Å²) >= 11 is 0. The van der Waals surface area contributed by atoms with E-state index in [0.717, 1.165) is 0 Å². The number of carbonyl (C=O) groups is 1. The highest BCUT2D eigenvalue weighted by molar-refractivity contribution is 5.96. The van der Waals surface area contributed by atoms with Crippen LogP contribution in [0.1, 0.15) is 23.2 Å². The Labute approximate surface area is 104 Å². The third kappa shape index (κ3) is 2.78. The second-order valence-electron chi connectivity index (χ2n) is 4.54. The predicted molar refractivity (Wildman–Crippen MR) is 63.0 cm³/mol. The highest BCUT2D eigenvalue weighted by Crippen LogP contribution is 2.41. The Kier molecular flexibility index (Phi) is 3.50. The second-order valence-corrected chi connectivity index (χ2v) is 4.54. The van der Waals surface area contributed by atoms with Crippen LogP contribution in [0.5, 0.6) is 5.75 Å². The number of benzene rings is 1. The topological polar surface area (TPSA) is 38.3 Å². The van der Waals surface area contributed by atoms with Gasteiger partial charge < -0.3 is 10.1 Å². The molecular formula is C13H15F2NO2. The van der Waals surface area contributed by atoms with E-state index in [2.05, 4.69) is 5.32 Å². The normalized spacial score (nSPS) is 17.9. The van der Waals surface area contributed by atoms with Crippen LogP contribution in [0.25, 0.3) is 0 Å². The van der Waals surface area contributed by atoms with Crippen LogP contribution in [0.15, 0.2) is 24.3 Å². The van der Waals surface area contributed by atoms with E-state index >= 15 is 0 Å². The molecule has 0 atom stereocenters. The molecule has 1 saturated carbocycles. The molecule has 1 amide bonds. The number of amides is 1. The zero-order valence-corrected chi connectivity index (χ0v) is 10.1. The van der Waals surface area contributed by atoms with Gasteiger partial charge in [0.25, 0.3) is 5.91 Å². The van der Waals surface area contributed by atoms with Gasteiger partial charge in [-0.1, -0.05) is 12.1 Å². The lowest BCUT2D eigenvalue weighted by Gasteiger charge is -2.34. The first-order chi connectivity index (χ1) is 8.52. The number of hydrogen-bond donors (Lipinski definition) is 1. The van der Waals surface area contributed by atoms with E-state index < -0.39 is 5.92 Å². The van der Waals surface area contributed by atoms with Gasteiger partial charge in [0.2, 0.25) is 5.92 Å². The Hall–Kier alpha value is -1.65. The molecule has 0 unspecified atom stereocenters. The van der Waals surface area contributed by atoms with E-state index in [-0.39, 0.29) is 31.2 Å². The van der Waals surface area contributed by atoms with Gasteiger partial charge in [-0.2, -0.15) is 0 Å². The van der Waals surface area contributed by atoms with E-state index in [1.54, 1.807) is 24.3 Å². The molecule has 1 aliphatic rings. The monoisotopic (exact) mass is 255 g/mol. The average molecular weight is 255 g/mol. The first kappa shape index (κ1) is 12.8.